The van der Waals surface area contributed by atoms with Crippen molar-refractivity contribution in [3.8, 4) is 0 Å². The molecule has 0 bridgehead atoms. The molecule has 0 fully saturated rings. The molecule has 0 saturated heterocycles. The Labute approximate surface area is 44.5 Å². The van der Waals surface area contributed by atoms with Gasteiger partial charge in [0, 0.05) is 0 Å². The van der Waals surface area contributed by atoms with E-state index >= 15 is 0 Å². The summed E-state index contributed by atoms with van der Waals surface area (Å²) >= 11 is 0. The molecule has 0 N–H and O–H groups in total. The van der Waals surface area contributed by atoms with Gasteiger partial charge < -0.3 is 0 Å². The van der Waals surface area contributed by atoms with E-state index in [9.17, 15) is 19.4 Å². The van der Waals surface area contributed by atoms with Crippen LogP contribution in [0.25, 0.3) is 0 Å². The van der Waals surface area contributed by atoms with Crippen LogP contribution in [0.5, 0.6) is 0 Å². The summed E-state index contributed by atoms with van der Waals surface area (Å²) in [7, 11) is -12.6. The van der Waals surface area contributed by atoms with E-state index < -0.39 is 20.0 Å². The first-order chi connectivity index (χ1) is 3.04. The smallest absolute Gasteiger partial charge is 0.243 e. The van der Waals surface area contributed by atoms with E-state index in [1.54, 1.807) is 0 Å². The molecule has 0 aliphatic carbocycles. The van der Waals surface area contributed by atoms with Gasteiger partial charge >= 0.3 is 9.26 Å². The van der Waals surface area contributed by atoms with Gasteiger partial charge in [0.1, 0.15) is 0 Å². The van der Waals surface area contributed by atoms with Crippen molar-refractivity contribution in [1.29, 1.82) is 0 Å². The third-order valence-electron chi connectivity index (χ3n) is 0.141. The van der Waals surface area contributed by atoms with Crippen LogP contribution in [0.4, 0.5) is 19.4 Å². The number of hydrogen-bond acceptors (Lipinski definition) is 1. The largest absolute Gasteiger partial charge is 0.354 e. The fourth-order valence-electron chi connectivity index (χ4n) is 0. The van der Waals surface area contributed by atoms with Crippen LogP contribution in [-0.4, -0.2) is 4.21 Å². The summed E-state index contributed by atoms with van der Waals surface area (Å²) < 4.78 is 61.8. The maximum absolute atomic E-state index is 10.6. The van der Waals surface area contributed by atoms with Crippen molar-refractivity contribution < 1.29 is 23.6 Å². The minimum atomic E-state index is -9.58. The molecule has 0 radical (unpaired) electrons. The molecule has 0 aliphatic rings. The highest BCUT2D eigenvalue weighted by atomic mass is 33.3. The zero-order valence-corrected chi connectivity index (χ0v) is 4.86. The van der Waals surface area contributed by atoms with Gasteiger partial charge in [-0.2, -0.15) is 0 Å². The van der Waals surface area contributed by atoms with Crippen molar-refractivity contribution in [2.45, 2.75) is 0 Å². The van der Waals surface area contributed by atoms with Crippen LogP contribution in [0, 0.1) is 0 Å². The lowest BCUT2D eigenvalue weighted by Crippen LogP contribution is -2.00. The second kappa shape index (κ2) is 1.04. The molecule has 0 amide bonds. The molecule has 0 aromatic rings. The first-order valence-electron chi connectivity index (χ1n) is 1.14. The van der Waals surface area contributed by atoms with Crippen LogP contribution >= 0.6 is 9.26 Å². The number of thiol groups is 1. The first kappa shape index (κ1) is 8.15. The SMILES string of the molecule is O=[SH]S(F)(F)(F)(F)F. The van der Waals surface area contributed by atoms with Gasteiger partial charge in [-0.05, 0) is 0 Å². The van der Waals surface area contributed by atoms with Crippen LogP contribution in [0.3, 0.4) is 0 Å². The highest BCUT2D eigenvalue weighted by molar-refractivity contribution is 8.91. The third kappa shape index (κ3) is 6.15. The molecule has 8 heavy (non-hydrogen) atoms. The van der Waals surface area contributed by atoms with Gasteiger partial charge in [0.05, 0.1) is 0 Å². The van der Waals surface area contributed by atoms with Crippen molar-refractivity contribution in [2.24, 2.45) is 0 Å². The predicted molar refractivity (Wildman–Crippen MR) is 22.7 cm³/mol. The van der Waals surface area contributed by atoms with Gasteiger partial charge in [-0.25, -0.2) is 4.21 Å². The highest BCUT2D eigenvalue weighted by Gasteiger charge is 2.63. The summed E-state index contributed by atoms with van der Waals surface area (Å²) in [5, 5.41) is 0. The summed E-state index contributed by atoms with van der Waals surface area (Å²) in [6.07, 6.45) is 0. The van der Waals surface area contributed by atoms with E-state index in [1.165, 1.54) is 0 Å². The molecule has 8 heteroatoms. The summed E-state index contributed by atoms with van der Waals surface area (Å²) in [5.74, 6) is 0. The Morgan fingerprint density at radius 1 is 1.00 bits per heavy atom. The highest BCUT2D eigenvalue weighted by Crippen LogP contribution is 2.97. The van der Waals surface area contributed by atoms with Crippen molar-refractivity contribution in [1.82, 2.24) is 0 Å². The van der Waals surface area contributed by atoms with Gasteiger partial charge in [0.15, 0.2) is 10.7 Å². The van der Waals surface area contributed by atoms with Crippen molar-refractivity contribution in [2.75, 3.05) is 0 Å². The average molecular weight is 176 g/mol. The quantitative estimate of drug-likeness (QED) is 0.368. The second-order valence-electron chi connectivity index (χ2n) is 1.00. The lowest BCUT2D eigenvalue weighted by atomic mass is 16.0. The molecule has 0 saturated carbocycles. The Kier molecular flexibility index (Phi) is 1.06. The summed E-state index contributed by atoms with van der Waals surface area (Å²) in [6.45, 7) is 0. The predicted octanol–water partition coefficient (Wildman–Crippen LogP) is 2.15. The van der Waals surface area contributed by atoms with Crippen LogP contribution in [0.15, 0.2) is 0 Å². The van der Waals surface area contributed by atoms with Crippen molar-refractivity contribution >= 4 is 20.0 Å². The zero-order valence-electron chi connectivity index (χ0n) is 3.15. The molecule has 0 rings (SSSR count). The van der Waals surface area contributed by atoms with Crippen molar-refractivity contribution in [3.63, 3.8) is 0 Å². The van der Waals surface area contributed by atoms with Gasteiger partial charge in [0.2, 0.25) is 0 Å². The van der Waals surface area contributed by atoms with Crippen LogP contribution in [0.2, 0.25) is 0 Å². The fraction of sp³-hybridized carbons (Fsp3) is 0. The topological polar surface area (TPSA) is 17.1 Å². The van der Waals surface area contributed by atoms with E-state index in [2.05, 4.69) is 0 Å². The lowest BCUT2D eigenvalue weighted by Gasteiger charge is -2.32. The number of rotatable bonds is 1. The summed E-state index contributed by atoms with van der Waals surface area (Å²) in [4.78, 5) is 0. The van der Waals surface area contributed by atoms with Gasteiger partial charge in [-0.1, -0.05) is 19.4 Å². The maximum atomic E-state index is 10.6. The van der Waals surface area contributed by atoms with Crippen molar-refractivity contribution in [3.05, 3.63) is 0 Å². The number of halogens is 5. The summed E-state index contributed by atoms with van der Waals surface area (Å²) in [6, 6.07) is 0. The van der Waals surface area contributed by atoms with Gasteiger partial charge in [-0.3, -0.25) is 0 Å². The molecule has 0 heterocycles. The Morgan fingerprint density at radius 3 is 1.12 bits per heavy atom. The van der Waals surface area contributed by atoms with E-state index in [4.69, 9.17) is 4.21 Å². The second-order valence-corrected chi connectivity index (χ2v) is 5.53. The first-order valence-corrected chi connectivity index (χ1v) is 4.51. The molecule has 1 nitrogen and oxygen atoms in total. The Bertz CT molecular complexity index is 114. The van der Waals surface area contributed by atoms with Crippen LogP contribution < -0.4 is 0 Å². The van der Waals surface area contributed by atoms with E-state index in [1.807, 2.05) is 0 Å². The maximum Gasteiger partial charge on any atom is 0.354 e. The van der Waals surface area contributed by atoms with E-state index in [0.29, 0.717) is 0 Å². The molecular weight excluding hydrogens is 175 g/mol. The molecule has 0 spiro atoms. The van der Waals surface area contributed by atoms with E-state index in [0.717, 1.165) is 0 Å². The number of hydrogen-bond donors (Lipinski definition) is 1. The molecule has 0 aromatic carbocycles. The molecule has 0 aromatic heterocycles. The zero-order chi connectivity index (χ0) is 7.12. The Balaban J connectivity index is 4.77. The van der Waals surface area contributed by atoms with Crippen LogP contribution in [0.1, 0.15) is 0 Å². The van der Waals surface area contributed by atoms with Gasteiger partial charge in [-0.15, -0.1) is 0 Å². The molecular formula is HF5OS2. The summed E-state index contributed by atoms with van der Waals surface area (Å²) in [5.41, 5.74) is 0. The Hall–Kier alpha value is 0.150. The fourth-order valence-corrected chi connectivity index (χ4v) is 0. The minimum absolute atomic E-state index is 3.04. The van der Waals surface area contributed by atoms with Gasteiger partial charge in [0.25, 0.3) is 0 Å². The Morgan fingerprint density at radius 2 is 1.12 bits per heavy atom. The molecule has 54 valence electrons. The standard InChI is InChI=1S/F5HOS2/c1-8(2,3,4,5)7-6/h7H. The molecule has 0 unspecified atom stereocenters. The monoisotopic (exact) mass is 176 g/mol. The average Bonchev–Trinajstić information content (AvgIpc) is 1.30. The van der Waals surface area contributed by atoms with Crippen LogP contribution in [-0.2, 0) is 10.7 Å². The minimum Gasteiger partial charge on any atom is -0.243 e. The molecule has 0 aliphatic heterocycles. The normalized spacial score (nSPS) is 21.6. The third-order valence-corrected chi connectivity index (χ3v) is 1.27. The molecule has 0 atom stereocenters. The van der Waals surface area contributed by atoms with E-state index in [-0.39, 0.29) is 0 Å². The lowest BCUT2D eigenvalue weighted by molar-refractivity contribution is 0.399.